The number of carboxylic acid groups (broad SMARTS) is 1. The number of carbonyl (C=O) groups is 1. The standard InChI is InChI=1S/C21H37NO4/c1-2-3-8-16(23)15-22-14-13-18-17(19-11-12-20(18)26-19)9-6-4-5-7-10-21(24)25/h4,6,16-20,22-23H,2-3,5,7-15H2,1H3,(H,24,25)/t16?,17-,18-,19+,20-/m0/s1. The second-order valence-corrected chi connectivity index (χ2v) is 7.90. The number of hydrogen-bond donors (Lipinski definition) is 3. The van der Waals surface area contributed by atoms with Crippen molar-refractivity contribution in [2.45, 2.75) is 89.4 Å². The molecule has 0 spiro atoms. The monoisotopic (exact) mass is 367 g/mol. The van der Waals surface area contributed by atoms with Gasteiger partial charge in [0.25, 0.3) is 0 Å². The Morgan fingerprint density at radius 3 is 2.73 bits per heavy atom. The summed E-state index contributed by atoms with van der Waals surface area (Å²) in [5, 5.41) is 22.0. The number of nitrogens with one attached hydrogen (secondary N) is 1. The van der Waals surface area contributed by atoms with Crippen LogP contribution in [0.25, 0.3) is 0 Å². The molecule has 0 saturated carbocycles. The van der Waals surface area contributed by atoms with E-state index in [1.807, 2.05) is 0 Å². The van der Waals surface area contributed by atoms with Gasteiger partial charge in [0.15, 0.2) is 0 Å². The maximum absolute atomic E-state index is 10.5. The first-order chi connectivity index (χ1) is 12.6. The van der Waals surface area contributed by atoms with E-state index < -0.39 is 5.97 Å². The summed E-state index contributed by atoms with van der Waals surface area (Å²) < 4.78 is 6.15. The number of carboxylic acids is 1. The number of unbranched alkanes of at least 4 members (excludes halogenated alkanes) is 2. The molecule has 2 aliphatic rings. The van der Waals surface area contributed by atoms with Crippen molar-refractivity contribution in [3.63, 3.8) is 0 Å². The van der Waals surface area contributed by atoms with Gasteiger partial charge in [-0.2, -0.15) is 0 Å². The molecule has 150 valence electrons. The van der Waals surface area contributed by atoms with Gasteiger partial charge in [-0.3, -0.25) is 4.79 Å². The Morgan fingerprint density at radius 2 is 2.00 bits per heavy atom. The Morgan fingerprint density at radius 1 is 1.23 bits per heavy atom. The van der Waals surface area contributed by atoms with Crippen molar-refractivity contribution in [1.82, 2.24) is 5.32 Å². The predicted molar refractivity (Wildman–Crippen MR) is 103 cm³/mol. The lowest BCUT2D eigenvalue weighted by molar-refractivity contribution is -0.137. The van der Waals surface area contributed by atoms with Crippen molar-refractivity contribution >= 4 is 5.97 Å². The molecule has 2 saturated heterocycles. The molecule has 5 heteroatoms. The van der Waals surface area contributed by atoms with Crippen LogP contribution in [0.5, 0.6) is 0 Å². The third-order valence-corrected chi connectivity index (χ3v) is 5.85. The van der Waals surface area contributed by atoms with Gasteiger partial charge in [0.05, 0.1) is 18.3 Å². The van der Waals surface area contributed by atoms with E-state index in [0.717, 1.165) is 45.1 Å². The molecule has 0 aromatic rings. The molecule has 2 bridgehead atoms. The summed E-state index contributed by atoms with van der Waals surface area (Å²) in [6.45, 7) is 3.78. The number of ether oxygens (including phenoxy) is 1. The Hall–Kier alpha value is -0.910. The zero-order chi connectivity index (χ0) is 18.8. The largest absolute Gasteiger partial charge is 0.481 e. The molecule has 5 atom stereocenters. The third kappa shape index (κ3) is 7.01. The van der Waals surface area contributed by atoms with Crippen molar-refractivity contribution in [3.05, 3.63) is 12.2 Å². The van der Waals surface area contributed by atoms with E-state index in [9.17, 15) is 9.90 Å². The number of fused-ring (bicyclic) bond motifs is 2. The summed E-state index contributed by atoms with van der Waals surface area (Å²) in [7, 11) is 0. The number of aliphatic hydroxyl groups is 1. The molecule has 0 aromatic heterocycles. The third-order valence-electron chi connectivity index (χ3n) is 5.85. The maximum atomic E-state index is 10.5. The number of aliphatic hydroxyl groups excluding tert-OH is 1. The fourth-order valence-corrected chi connectivity index (χ4v) is 4.42. The summed E-state index contributed by atoms with van der Waals surface area (Å²) >= 11 is 0. The van der Waals surface area contributed by atoms with E-state index in [2.05, 4.69) is 24.4 Å². The average molecular weight is 368 g/mol. The molecule has 0 aromatic carbocycles. The van der Waals surface area contributed by atoms with E-state index in [1.165, 1.54) is 12.8 Å². The number of allylic oxidation sites excluding steroid dienone is 2. The van der Waals surface area contributed by atoms with E-state index in [4.69, 9.17) is 9.84 Å². The summed E-state index contributed by atoms with van der Waals surface area (Å²) in [5.74, 6) is 0.487. The van der Waals surface area contributed by atoms with Crippen LogP contribution in [0.1, 0.15) is 71.1 Å². The van der Waals surface area contributed by atoms with Gasteiger partial charge in [0.2, 0.25) is 0 Å². The maximum Gasteiger partial charge on any atom is 0.303 e. The Bertz CT molecular complexity index is 440. The van der Waals surface area contributed by atoms with Gasteiger partial charge in [-0.05, 0) is 63.3 Å². The van der Waals surface area contributed by atoms with Gasteiger partial charge in [-0.1, -0.05) is 31.9 Å². The topological polar surface area (TPSA) is 78.8 Å². The first-order valence-corrected chi connectivity index (χ1v) is 10.5. The minimum atomic E-state index is -0.715. The van der Waals surface area contributed by atoms with Crippen molar-refractivity contribution < 1.29 is 19.7 Å². The van der Waals surface area contributed by atoms with Gasteiger partial charge in [0, 0.05) is 13.0 Å². The Kier molecular flexibility index (Phi) is 9.65. The van der Waals surface area contributed by atoms with Crippen LogP contribution in [0.15, 0.2) is 12.2 Å². The van der Waals surface area contributed by atoms with Crippen LogP contribution in [0, 0.1) is 11.8 Å². The van der Waals surface area contributed by atoms with Crippen LogP contribution in [-0.4, -0.2) is 47.6 Å². The second kappa shape index (κ2) is 11.7. The average Bonchev–Trinajstić information content (AvgIpc) is 3.21. The molecule has 5 nitrogen and oxygen atoms in total. The summed E-state index contributed by atoms with van der Waals surface area (Å²) in [6.07, 6.45) is 14.4. The van der Waals surface area contributed by atoms with Crippen molar-refractivity contribution in [1.29, 1.82) is 0 Å². The number of aliphatic carboxylic acids is 1. The van der Waals surface area contributed by atoms with Gasteiger partial charge < -0.3 is 20.3 Å². The molecule has 1 unspecified atom stereocenters. The van der Waals surface area contributed by atoms with Crippen molar-refractivity contribution in [3.8, 4) is 0 Å². The minimum Gasteiger partial charge on any atom is -0.481 e. The van der Waals surface area contributed by atoms with Crippen LogP contribution in [0.3, 0.4) is 0 Å². The SMILES string of the molecule is CCCCC(O)CNCC[C@H]1[C@H](CC=CCCCC(=O)O)[C@H]2CC[C@@H]1O2. The summed E-state index contributed by atoms with van der Waals surface area (Å²) in [5.41, 5.74) is 0. The Labute approximate surface area is 158 Å². The fraction of sp³-hybridized carbons (Fsp3) is 0.857. The Balaban J connectivity index is 1.66. The van der Waals surface area contributed by atoms with Gasteiger partial charge >= 0.3 is 5.97 Å². The minimum absolute atomic E-state index is 0.226. The molecule has 3 N–H and O–H groups in total. The smallest absolute Gasteiger partial charge is 0.303 e. The molecule has 2 aliphatic heterocycles. The first-order valence-electron chi connectivity index (χ1n) is 10.5. The quantitative estimate of drug-likeness (QED) is 0.323. The normalized spacial score (nSPS) is 28.8. The van der Waals surface area contributed by atoms with Crippen LogP contribution in [0.2, 0.25) is 0 Å². The lowest BCUT2D eigenvalue weighted by atomic mass is 9.76. The van der Waals surface area contributed by atoms with E-state index in [1.54, 1.807) is 0 Å². The molecule has 0 radical (unpaired) electrons. The van der Waals surface area contributed by atoms with E-state index in [0.29, 0.717) is 37.0 Å². The van der Waals surface area contributed by atoms with Crippen molar-refractivity contribution in [2.75, 3.05) is 13.1 Å². The molecular formula is C21H37NO4. The summed E-state index contributed by atoms with van der Waals surface area (Å²) in [4.78, 5) is 10.5. The molecule has 2 rings (SSSR count). The van der Waals surface area contributed by atoms with Gasteiger partial charge in [-0.25, -0.2) is 0 Å². The number of hydrogen-bond acceptors (Lipinski definition) is 4. The zero-order valence-electron chi connectivity index (χ0n) is 16.2. The molecule has 2 heterocycles. The van der Waals surface area contributed by atoms with Crippen LogP contribution in [-0.2, 0) is 9.53 Å². The lowest BCUT2D eigenvalue weighted by Gasteiger charge is -2.27. The molecule has 26 heavy (non-hydrogen) atoms. The van der Waals surface area contributed by atoms with E-state index >= 15 is 0 Å². The van der Waals surface area contributed by atoms with Crippen LogP contribution in [0.4, 0.5) is 0 Å². The summed E-state index contributed by atoms with van der Waals surface area (Å²) in [6, 6.07) is 0. The van der Waals surface area contributed by atoms with Gasteiger partial charge in [0.1, 0.15) is 0 Å². The van der Waals surface area contributed by atoms with Gasteiger partial charge in [-0.15, -0.1) is 0 Å². The first kappa shape index (κ1) is 21.4. The highest BCUT2D eigenvalue weighted by molar-refractivity contribution is 5.66. The van der Waals surface area contributed by atoms with Crippen molar-refractivity contribution in [2.24, 2.45) is 11.8 Å². The predicted octanol–water partition coefficient (Wildman–Crippen LogP) is 3.51. The molecule has 0 amide bonds. The highest BCUT2D eigenvalue weighted by atomic mass is 16.5. The molecular weight excluding hydrogens is 330 g/mol. The number of rotatable bonds is 14. The fourth-order valence-electron chi connectivity index (χ4n) is 4.42. The van der Waals surface area contributed by atoms with E-state index in [-0.39, 0.29) is 12.5 Å². The lowest BCUT2D eigenvalue weighted by Crippen LogP contribution is -2.33. The second-order valence-electron chi connectivity index (χ2n) is 7.90. The molecule has 0 aliphatic carbocycles. The highest BCUT2D eigenvalue weighted by Crippen LogP contribution is 2.46. The van der Waals surface area contributed by atoms with Crippen LogP contribution >= 0.6 is 0 Å². The van der Waals surface area contributed by atoms with Crippen LogP contribution < -0.4 is 5.32 Å². The zero-order valence-corrected chi connectivity index (χ0v) is 16.2. The molecule has 2 fully saturated rings. The highest BCUT2D eigenvalue weighted by Gasteiger charge is 2.47.